The van der Waals surface area contributed by atoms with E-state index in [0.29, 0.717) is 0 Å². The molecule has 0 amide bonds. The van der Waals surface area contributed by atoms with Crippen LogP contribution in [0.5, 0.6) is 0 Å². The maximum absolute atomic E-state index is 5.97. The van der Waals surface area contributed by atoms with Gasteiger partial charge in [-0.1, -0.05) is 45.0 Å². The molecule has 0 aromatic heterocycles. The monoisotopic (exact) mass is 261 g/mol. The van der Waals surface area contributed by atoms with Crippen LogP contribution in [0.25, 0.3) is 0 Å². The molecular weight excluding hydrogens is 234 g/mol. The molecule has 106 valence electrons. The van der Waals surface area contributed by atoms with Gasteiger partial charge in [-0.2, -0.15) is 0 Å². The van der Waals surface area contributed by atoms with Gasteiger partial charge in [0.2, 0.25) is 0 Å². The minimum absolute atomic E-state index is 0.217. The van der Waals surface area contributed by atoms with Gasteiger partial charge < -0.3 is 10.1 Å². The van der Waals surface area contributed by atoms with Gasteiger partial charge >= 0.3 is 0 Å². The molecule has 2 heteroatoms. The normalized spacial score (nSPS) is 19.2. The summed E-state index contributed by atoms with van der Waals surface area (Å²) in [7, 11) is 0. The predicted molar refractivity (Wildman–Crippen MR) is 80.4 cm³/mol. The van der Waals surface area contributed by atoms with Gasteiger partial charge in [0.25, 0.3) is 0 Å². The first-order chi connectivity index (χ1) is 9.24. The minimum atomic E-state index is 0.217. The highest BCUT2D eigenvalue weighted by atomic mass is 16.5. The molecule has 0 saturated heterocycles. The first kappa shape index (κ1) is 14.5. The second-order valence-electron chi connectivity index (χ2n) is 5.53. The zero-order valence-electron chi connectivity index (χ0n) is 12.5. The summed E-state index contributed by atoms with van der Waals surface area (Å²) in [5.74, 6) is 0. The molecule has 0 radical (unpaired) electrons. The standard InChI is InChI=1S/C17H27NO/c1-4-17(5-2,6-3)18-13-16-15-10-8-7-9-14(15)11-12-19-16/h7-10,16,18H,4-6,11-13H2,1-3H3. The Morgan fingerprint density at radius 1 is 1.16 bits per heavy atom. The lowest BCUT2D eigenvalue weighted by Gasteiger charge is -2.35. The number of rotatable bonds is 6. The maximum Gasteiger partial charge on any atom is 0.0952 e. The van der Waals surface area contributed by atoms with Gasteiger partial charge in [-0.25, -0.2) is 0 Å². The van der Waals surface area contributed by atoms with Crippen LogP contribution in [0.4, 0.5) is 0 Å². The van der Waals surface area contributed by atoms with Gasteiger partial charge in [0.15, 0.2) is 0 Å². The van der Waals surface area contributed by atoms with Crippen molar-refractivity contribution in [2.24, 2.45) is 0 Å². The summed E-state index contributed by atoms with van der Waals surface area (Å²) in [5, 5.41) is 3.77. The summed E-state index contributed by atoms with van der Waals surface area (Å²) < 4.78 is 5.97. The van der Waals surface area contributed by atoms with Crippen molar-refractivity contribution >= 4 is 0 Å². The van der Waals surface area contributed by atoms with E-state index in [0.717, 1.165) is 19.6 Å². The lowest BCUT2D eigenvalue weighted by Crippen LogP contribution is -2.46. The highest BCUT2D eigenvalue weighted by Gasteiger charge is 2.26. The molecule has 1 aliphatic rings. The van der Waals surface area contributed by atoms with Crippen molar-refractivity contribution in [3.05, 3.63) is 35.4 Å². The van der Waals surface area contributed by atoms with Crippen LogP contribution in [0, 0.1) is 0 Å². The molecule has 1 N–H and O–H groups in total. The van der Waals surface area contributed by atoms with Crippen molar-refractivity contribution in [1.29, 1.82) is 0 Å². The minimum Gasteiger partial charge on any atom is -0.372 e. The molecular formula is C17H27NO. The van der Waals surface area contributed by atoms with Crippen molar-refractivity contribution in [2.75, 3.05) is 13.2 Å². The van der Waals surface area contributed by atoms with Crippen molar-refractivity contribution < 1.29 is 4.74 Å². The molecule has 2 rings (SSSR count). The Bertz CT molecular complexity index is 390. The van der Waals surface area contributed by atoms with Crippen molar-refractivity contribution in [3.8, 4) is 0 Å². The summed E-state index contributed by atoms with van der Waals surface area (Å²) in [6.07, 6.45) is 4.79. The van der Waals surface area contributed by atoms with E-state index in [-0.39, 0.29) is 11.6 Å². The summed E-state index contributed by atoms with van der Waals surface area (Å²) in [5.41, 5.74) is 3.10. The van der Waals surface area contributed by atoms with Gasteiger partial charge in [-0.15, -0.1) is 0 Å². The number of ether oxygens (including phenoxy) is 1. The highest BCUT2D eigenvalue weighted by Crippen LogP contribution is 2.28. The topological polar surface area (TPSA) is 21.3 Å². The third kappa shape index (κ3) is 3.18. The second-order valence-corrected chi connectivity index (χ2v) is 5.53. The average molecular weight is 261 g/mol. The van der Waals surface area contributed by atoms with Gasteiger partial charge in [-0.05, 0) is 36.8 Å². The Kier molecular flexibility index (Phi) is 5.00. The van der Waals surface area contributed by atoms with Crippen LogP contribution in [-0.4, -0.2) is 18.7 Å². The molecule has 0 bridgehead atoms. The SMILES string of the molecule is CCC(CC)(CC)NCC1OCCc2ccccc21. The van der Waals surface area contributed by atoms with Crippen molar-refractivity contribution in [3.63, 3.8) is 0 Å². The number of nitrogens with one attached hydrogen (secondary N) is 1. The van der Waals surface area contributed by atoms with Crippen LogP contribution in [-0.2, 0) is 11.2 Å². The third-order valence-corrected chi connectivity index (χ3v) is 4.79. The molecule has 0 aliphatic carbocycles. The molecule has 1 aromatic carbocycles. The Balaban J connectivity index is 2.05. The molecule has 1 atom stereocenters. The Morgan fingerprint density at radius 3 is 2.53 bits per heavy atom. The van der Waals surface area contributed by atoms with E-state index in [9.17, 15) is 0 Å². The first-order valence-electron chi connectivity index (χ1n) is 7.69. The van der Waals surface area contributed by atoms with Crippen molar-refractivity contribution in [2.45, 2.75) is 58.1 Å². The molecule has 1 heterocycles. The molecule has 1 aliphatic heterocycles. The fourth-order valence-corrected chi connectivity index (χ4v) is 3.08. The molecule has 0 fully saturated rings. The zero-order chi connectivity index (χ0) is 13.7. The number of benzene rings is 1. The smallest absolute Gasteiger partial charge is 0.0952 e. The Labute approximate surface area is 117 Å². The van der Waals surface area contributed by atoms with E-state index >= 15 is 0 Å². The summed E-state index contributed by atoms with van der Waals surface area (Å²) in [4.78, 5) is 0. The number of hydrogen-bond acceptors (Lipinski definition) is 2. The summed E-state index contributed by atoms with van der Waals surface area (Å²) in [6.45, 7) is 8.59. The van der Waals surface area contributed by atoms with Crippen LogP contribution < -0.4 is 5.32 Å². The van der Waals surface area contributed by atoms with Gasteiger partial charge in [0, 0.05) is 12.1 Å². The van der Waals surface area contributed by atoms with E-state index in [4.69, 9.17) is 4.74 Å². The largest absolute Gasteiger partial charge is 0.372 e. The van der Waals surface area contributed by atoms with E-state index in [1.165, 1.54) is 30.4 Å². The quantitative estimate of drug-likeness (QED) is 0.839. The van der Waals surface area contributed by atoms with E-state index in [2.05, 4.69) is 50.4 Å². The Morgan fingerprint density at radius 2 is 1.84 bits per heavy atom. The highest BCUT2D eigenvalue weighted by molar-refractivity contribution is 5.31. The molecule has 19 heavy (non-hydrogen) atoms. The summed E-state index contributed by atoms with van der Waals surface area (Å²) >= 11 is 0. The van der Waals surface area contributed by atoms with Gasteiger partial charge in [-0.3, -0.25) is 0 Å². The predicted octanol–water partition coefficient (Wildman–Crippen LogP) is 3.86. The molecule has 2 nitrogen and oxygen atoms in total. The van der Waals surface area contributed by atoms with E-state index in [1.54, 1.807) is 0 Å². The lowest BCUT2D eigenvalue weighted by atomic mass is 9.89. The first-order valence-corrected chi connectivity index (χ1v) is 7.69. The zero-order valence-corrected chi connectivity index (χ0v) is 12.5. The molecule has 1 aromatic rings. The van der Waals surface area contributed by atoms with Crippen LogP contribution in [0.2, 0.25) is 0 Å². The number of fused-ring (bicyclic) bond motifs is 1. The Hall–Kier alpha value is -0.860. The summed E-state index contributed by atoms with van der Waals surface area (Å²) in [6, 6.07) is 8.69. The van der Waals surface area contributed by atoms with Crippen LogP contribution in [0.15, 0.2) is 24.3 Å². The average Bonchev–Trinajstić information content (AvgIpc) is 2.49. The van der Waals surface area contributed by atoms with Crippen LogP contribution >= 0.6 is 0 Å². The number of hydrogen-bond donors (Lipinski definition) is 1. The van der Waals surface area contributed by atoms with Gasteiger partial charge in [0.1, 0.15) is 0 Å². The van der Waals surface area contributed by atoms with Crippen molar-refractivity contribution in [1.82, 2.24) is 5.32 Å². The lowest BCUT2D eigenvalue weighted by molar-refractivity contribution is 0.0353. The molecule has 0 saturated carbocycles. The van der Waals surface area contributed by atoms with Crippen LogP contribution in [0.1, 0.15) is 57.3 Å². The van der Waals surface area contributed by atoms with E-state index < -0.39 is 0 Å². The fraction of sp³-hybridized carbons (Fsp3) is 0.647. The third-order valence-electron chi connectivity index (χ3n) is 4.79. The van der Waals surface area contributed by atoms with E-state index in [1.807, 2.05) is 0 Å². The van der Waals surface area contributed by atoms with Crippen LogP contribution in [0.3, 0.4) is 0 Å². The fourth-order valence-electron chi connectivity index (χ4n) is 3.08. The second kappa shape index (κ2) is 6.53. The maximum atomic E-state index is 5.97. The van der Waals surface area contributed by atoms with Gasteiger partial charge in [0.05, 0.1) is 12.7 Å². The molecule has 0 spiro atoms. The molecule has 1 unspecified atom stereocenters.